The summed E-state index contributed by atoms with van der Waals surface area (Å²) in [4.78, 5) is 0. The summed E-state index contributed by atoms with van der Waals surface area (Å²) < 4.78 is 18.7. The van der Waals surface area contributed by atoms with E-state index >= 15 is 0 Å². The van der Waals surface area contributed by atoms with Gasteiger partial charge in [-0.1, -0.05) is 233 Å². The zero-order valence-corrected chi connectivity index (χ0v) is 43.4. The second-order valence-electron chi connectivity index (χ2n) is 18.5. The first kappa shape index (κ1) is 62.6. The highest BCUT2D eigenvalue weighted by atomic mass is 35.5. The third-order valence-corrected chi connectivity index (χ3v) is 15.3. The average Bonchev–Trinajstić information content (AvgIpc) is 3.19. The normalized spacial score (nSPS) is 11.8. The fraction of sp³-hybridized carbons (Fsp3) is 1.00. The van der Waals surface area contributed by atoms with E-state index in [9.17, 15) is 0 Å². The van der Waals surface area contributed by atoms with Gasteiger partial charge in [0, 0.05) is 25.9 Å². The molecule has 0 heterocycles. The molecule has 0 aromatic carbocycles. The zero-order chi connectivity index (χ0) is 42.2. The number of hydrogen-bond acceptors (Lipinski definition) is 3. The van der Waals surface area contributed by atoms with Crippen molar-refractivity contribution < 1.29 is 30.2 Å². The number of rotatable bonds is 47. The lowest BCUT2D eigenvalue weighted by Crippen LogP contribution is -3.00. The molecule has 0 radical (unpaired) electrons. The molecule has 0 aliphatic carbocycles. The van der Waals surface area contributed by atoms with Crippen LogP contribution in [0.15, 0.2) is 0 Å². The van der Waals surface area contributed by atoms with Gasteiger partial charge in [-0.15, -0.1) is 0 Å². The van der Waals surface area contributed by atoms with Crippen LogP contribution >= 0.6 is 0 Å². The minimum atomic E-state index is -2.36. The van der Waals surface area contributed by atoms with E-state index in [0.29, 0.717) is 19.8 Å². The van der Waals surface area contributed by atoms with Gasteiger partial charge in [-0.25, -0.2) is 0 Å². The van der Waals surface area contributed by atoms with Gasteiger partial charge in [-0.05, 0) is 52.9 Å². The van der Waals surface area contributed by atoms with Crippen LogP contribution < -0.4 is 12.4 Å². The third-order valence-electron chi connectivity index (χ3n) is 12.2. The molecule has 58 heavy (non-hydrogen) atoms. The lowest BCUT2D eigenvalue weighted by molar-refractivity contribution is -0.890. The van der Waals surface area contributed by atoms with Crippen LogP contribution in [0.4, 0.5) is 0 Å². The Balaban J connectivity index is -0.00000133. The molecule has 0 saturated carbocycles. The summed E-state index contributed by atoms with van der Waals surface area (Å²) in [6.45, 7) is 17.7. The van der Waals surface area contributed by atoms with E-state index in [1.165, 1.54) is 255 Å². The lowest BCUT2D eigenvalue weighted by Gasteiger charge is -2.30. The van der Waals surface area contributed by atoms with Gasteiger partial charge >= 0.3 is 8.80 Å². The Morgan fingerprint density at radius 1 is 0.276 bits per heavy atom. The molecule has 0 saturated heterocycles. The summed E-state index contributed by atoms with van der Waals surface area (Å²) in [6, 6.07) is 0.967. The van der Waals surface area contributed by atoms with Crippen molar-refractivity contribution in [2.24, 2.45) is 0 Å². The maximum absolute atomic E-state index is 5.83. The number of quaternary nitrogens is 1. The minimum Gasteiger partial charge on any atom is -1.00 e. The van der Waals surface area contributed by atoms with Crippen molar-refractivity contribution in [2.75, 3.05) is 47.0 Å². The molecule has 0 unspecified atom stereocenters. The molecule has 0 aliphatic rings. The van der Waals surface area contributed by atoms with Crippen LogP contribution in [0.3, 0.4) is 0 Å². The fourth-order valence-corrected chi connectivity index (χ4v) is 11.1. The summed E-state index contributed by atoms with van der Waals surface area (Å²) >= 11 is 0. The molecule has 0 fully saturated rings. The Labute approximate surface area is 376 Å². The summed E-state index contributed by atoms with van der Waals surface area (Å²) in [5.41, 5.74) is 0. The maximum atomic E-state index is 5.83. The van der Waals surface area contributed by atoms with E-state index in [1.54, 1.807) is 0 Å². The van der Waals surface area contributed by atoms with Crippen LogP contribution in [0, 0.1) is 0 Å². The molecular formula is C52H112ClNO3Si. The van der Waals surface area contributed by atoms with Gasteiger partial charge in [0.05, 0.1) is 27.2 Å². The predicted octanol–water partition coefficient (Wildman–Crippen LogP) is 15.0. The van der Waals surface area contributed by atoms with Crippen LogP contribution in [-0.4, -0.2) is 60.3 Å². The molecule has 4 nitrogen and oxygen atoms in total. The molecule has 0 spiro atoms. The highest BCUT2D eigenvalue weighted by molar-refractivity contribution is 6.60. The molecule has 0 aliphatic heterocycles. The first-order chi connectivity index (χ1) is 27.9. The molecule has 0 rings (SSSR count). The van der Waals surface area contributed by atoms with Crippen molar-refractivity contribution in [3.63, 3.8) is 0 Å². The quantitative estimate of drug-likeness (QED) is 0.0347. The van der Waals surface area contributed by atoms with Crippen LogP contribution in [0.2, 0.25) is 6.04 Å². The van der Waals surface area contributed by atoms with Crippen molar-refractivity contribution >= 4 is 8.80 Å². The molecule has 0 bridgehead atoms. The molecule has 0 atom stereocenters. The Morgan fingerprint density at radius 2 is 0.466 bits per heavy atom. The van der Waals surface area contributed by atoms with Crippen molar-refractivity contribution in [3.05, 3.63) is 0 Å². The molecule has 6 heteroatoms. The molecule has 0 amide bonds. The van der Waals surface area contributed by atoms with Gasteiger partial charge in [0.2, 0.25) is 0 Å². The molecule has 0 aromatic heterocycles. The van der Waals surface area contributed by atoms with Gasteiger partial charge in [-0.3, -0.25) is 0 Å². The van der Waals surface area contributed by atoms with Gasteiger partial charge in [-0.2, -0.15) is 0 Å². The van der Waals surface area contributed by atoms with Crippen LogP contribution in [0.5, 0.6) is 0 Å². The first-order valence-corrected chi connectivity index (χ1v) is 28.5. The second-order valence-corrected chi connectivity index (χ2v) is 21.2. The van der Waals surface area contributed by atoms with Crippen molar-refractivity contribution in [1.29, 1.82) is 0 Å². The zero-order valence-electron chi connectivity index (χ0n) is 41.7. The van der Waals surface area contributed by atoms with Gasteiger partial charge < -0.3 is 30.2 Å². The Bertz CT molecular complexity index is 672. The van der Waals surface area contributed by atoms with Crippen molar-refractivity contribution in [2.45, 2.75) is 292 Å². The second kappa shape index (κ2) is 51.7. The summed E-state index contributed by atoms with van der Waals surface area (Å²) in [7, 11) is 2.57. The van der Waals surface area contributed by atoms with E-state index in [1.807, 2.05) is 20.8 Å². The van der Waals surface area contributed by atoms with Gasteiger partial charge in [0.25, 0.3) is 0 Å². The summed E-state index contributed by atoms with van der Waals surface area (Å²) in [5.74, 6) is 0. The van der Waals surface area contributed by atoms with Crippen LogP contribution in [-0.2, 0) is 13.3 Å². The smallest absolute Gasteiger partial charge is 0.500 e. The third kappa shape index (κ3) is 49.0. The Morgan fingerprint density at radius 3 is 0.672 bits per heavy atom. The molecule has 0 N–H and O–H groups in total. The van der Waals surface area contributed by atoms with E-state index in [0.717, 1.165) is 12.5 Å². The lowest BCUT2D eigenvalue weighted by atomic mass is 10.0. The maximum Gasteiger partial charge on any atom is 0.500 e. The Hall–Kier alpha value is 0.347. The van der Waals surface area contributed by atoms with Gasteiger partial charge in [0.1, 0.15) is 0 Å². The van der Waals surface area contributed by atoms with E-state index < -0.39 is 8.80 Å². The summed E-state index contributed by atoms with van der Waals surface area (Å²) in [6.07, 6.45) is 54.7. The fourth-order valence-electron chi connectivity index (χ4n) is 8.41. The highest BCUT2D eigenvalue weighted by Crippen LogP contribution is 2.21. The first-order valence-electron chi connectivity index (χ1n) is 26.6. The highest BCUT2D eigenvalue weighted by Gasteiger charge is 2.39. The number of halogens is 1. The van der Waals surface area contributed by atoms with Crippen molar-refractivity contribution in [3.8, 4) is 0 Å². The number of unbranched alkanes of at least 4 members (excludes halogenated alkanes) is 35. The van der Waals surface area contributed by atoms with Gasteiger partial charge in [0.15, 0.2) is 0 Å². The predicted molar refractivity (Wildman–Crippen MR) is 260 cm³/mol. The van der Waals surface area contributed by atoms with Crippen LogP contribution in [0.1, 0.15) is 286 Å². The van der Waals surface area contributed by atoms with Crippen molar-refractivity contribution in [1.82, 2.24) is 0 Å². The number of hydrogen-bond donors (Lipinski definition) is 0. The average molecular weight is 863 g/mol. The Kier molecular flexibility index (Phi) is 55.8. The monoisotopic (exact) mass is 862 g/mol. The molecule has 354 valence electrons. The SMILES string of the molecule is CCCCCCCCCCCCCCCCCC[N+](C)(C)CCCCCCCCCCCCCCCCCC.CCCCCCCC[Si](OCC)(OCC)OCC.[Cl-]. The number of nitrogens with zero attached hydrogens (tertiary/aromatic N) is 1. The minimum absolute atomic E-state index is 0. The summed E-state index contributed by atoms with van der Waals surface area (Å²) in [5, 5.41) is 0. The molecule has 0 aromatic rings. The topological polar surface area (TPSA) is 27.7 Å². The van der Waals surface area contributed by atoms with Crippen LogP contribution in [0.25, 0.3) is 0 Å². The van der Waals surface area contributed by atoms with E-state index in [2.05, 4.69) is 34.9 Å². The largest absolute Gasteiger partial charge is 1.00 e. The van der Waals surface area contributed by atoms with E-state index in [4.69, 9.17) is 13.3 Å². The van der Waals surface area contributed by atoms with E-state index in [-0.39, 0.29) is 12.4 Å². The molecular weight excluding hydrogens is 750 g/mol. The standard InChI is InChI=1S/C38H80N.C14H32O3Si.ClH/c1-5-7-9-11-13-15-17-19-21-23-25-27-29-31-33-35-37-39(3,4)38-36-34-32-30-28-26-24-22-20-18-16-14-12-10-8-6-2;1-5-9-10-11-12-13-14-18(15-6-2,16-7-3)17-8-4;/h5-38H2,1-4H3;5-14H2,1-4H3;1H/q+1;;/p-1.